The van der Waals surface area contributed by atoms with E-state index in [1.54, 1.807) is 43.5 Å². The number of nitrogens with one attached hydrogen (secondary N) is 1. The maximum Gasteiger partial charge on any atom is 0.341 e. The summed E-state index contributed by atoms with van der Waals surface area (Å²) in [7, 11) is 1.56. The van der Waals surface area contributed by atoms with E-state index in [1.807, 2.05) is 19.1 Å². The lowest BCUT2D eigenvalue weighted by Crippen LogP contribution is -2.19. The van der Waals surface area contributed by atoms with Crippen LogP contribution in [0, 0.1) is 11.3 Å². The van der Waals surface area contributed by atoms with E-state index in [-0.39, 0.29) is 23.1 Å². The molecule has 0 spiro atoms. The van der Waals surface area contributed by atoms with Crippen molar-refractivity contribution in [3.05, 3.63) is 71.0 Å². The average molecular weight is 377 g/mol. The Hall–Kier alpha value is -3.63. The van der Waals surface area contributed by atoms with Gasteiger partial charge in [-0.15, -0.1) is 0 Å². The summed E-state index contributed by atoms with van der Waals surface area (Å²) in [4.78, 5) is 11.9. The largest absolute Gasteiger partial charge is 0.497 e. The molecule has 7 heteroatoms. The average Bonchev–Trinajstić information content (AvgIpc) is 3.18. The number of nitriles is 1. The minimum absolute atomic E-state index is 0.0324. The predicted octanol–water partition coefficient (Wildman–Crippen LogP) is 3.77. The number of carboxylic acid groups (broad SMARTS) is 1. The molecule has 142 valence electrons. The number of aromatic carboxylic acids is 1. The first kappa shape index (κ1) is 19.1. The van der Waals surface area contributed by atoms with Crippen LogP contribution in [0.4, 0.5) is 0 Å². The highest BCUT2D eigenvalue weighted by Crippen LogP contribution is 2.30. The molecule has 0 amide bonds. The number of hydrogen-bond donors (Lipinski definition) is 2. The molecule has 28 heavy (non-hydrogen) atoms. The molecule has 0 saturated heterocycles. The minimum Gasteiger partial charge on any atom is -0.497 e. The Kier molecular flexibility index (Phi) is 5.72. The van der Waals surface area contributed by atoms with Crippen LogP contribution >= 0.6 is 0 Å². The van der Waals surface area contributed by atoms with Crippen molar-refractivity contribution in [3.63, 3.8) is 0 Å². The lowest BCUT2D eigenvalue weighted by molar-refractivity contribution is 0.0694. The van der Waals surface area contributed by atoms with Crippen LogP contribution in [0.15, 0.2) is 53.1 Å². The molecule has 0 aliphatic carbocycles. The Bertz CT molecular complexity index is 1000. The van der Waals surface area contributed by atoms with E-state index in [0.717, 1.165) is 5.56 Å². The van der Waals surface area contributed by atoms with E-state index < -0.39 is 5.97 Å². The van der Waals surface area contributed by atoms with Crippen molar-refractivity contribution in [2.45, 2.75) is 19.5 Å². The molecular weight excluding hydrogens is 358 g/mol. The van der Waals surface area contributed by atoms with Gasteiger partial charge in [-0.1, -0.05) is 17.3 Å². The Morgan fingerprint density at radius 2 is 1.93 bits per heavy atom. The third kappa shape index (κ3) is 4.03. The van der Waals surface area contributed by atoms with Crippen LogP contribution in [0.3, 0.4) is 0 Å². The summed E-state index contributed by atoms with van der Waals surface area (Å²) in [5.41, 5.74) is 2.50. The monoisotopic (exact) mass is 377 g/mol. The van der Waals surface area contributed by atoms with Gasteiger partial charge in [-0.3, -0.25) is 0 Å². The molecule has 0 bridgehead atoms. The van der Waals surface area contributed by atoms with Crippen LogP contribution in [0.1, 0.15) is 40.2 Å². The van der Waals surface area contributed by atoms with Gasteiger partial charge in [0.15, 0.2) is 5.76 Å². The van der Waals surface area contributed by atoms with Gasteiger partial charge in [-0.2, -0.15) is 5.26 Å². The fourth-order valence-electron chi connectivity index (χ4n) is 2.81. The molecule has 7 nitrogen and oxygen atoms in total. The molecule has 3 rings (SSSR count). The van der Waals surface area contributed by atoms with Crippen molar-refractivity contribution in [2.24, 2.45) is 0 Å². The molecule has 2 aromatic carbocycles. The highest BCUT2D eigenvalue weighted by molar-refractivity contribution is 5.96. The van der Waals surface area contributed by atoms with Gasteiger partial charge in [0.1, 0.15) is 17.0 Å². The number of ether oxygens (including phenoxy) is 1. The van der Waals surface area contributed by atoms with E-state index in [9.17, 15) is 9.90 Å². The number of hydrogen-bond acceptors (Lipinski definition) is 6. The van der Waals surface area contributed by atoms with Crippen LogP contribution in [-0.2, 0) is 6.54 Å². The van der Waals surface area contributed by atoms with E-state index in [1.165, 1.54) is 0 Å². The highest BCUT2D eigenvalue weighted by atomic mass is 16.5. The maximum absolute atomic E-state index is 11.9. The van der Waals surface area contributed by atoms with E-state index in [4.69, 9.17) is 14.5 Å². The van der Waals surface area contributed by atoms with Crippen LogP contribution in [-0.4, -0.2) is 23.3 Å². The zero-order valence-electron chi connectivity index (χ0n) is 15.5. The van der Waals surface area contributed by atoms with Crippen LogP contribution in [0.2, 0.25) is 0 Å². The van der Waals surface area contributed by atoms with Crippen LogP contribution in [0.5, 0.6) is 5.75 Å². The Balaban J connectivity index is 1.81. The van der Waals surface area contributed by atoms with Gasteiger partial charge >= 0.3 is 5.97 Å². The Labute approximate surface area is 162 Å². The van der Waals surface area contributed by atoms with Crippen molar-refractivity contribution in [1.82, 2.24) is 10.5 Å². The number of methoxy groups -OCH3 is 1. The van der Waals surface area contributed by atoms with Gasteiger partial charge in [-0.05, 0) is 48.9 Å². The molecule has 0 radical (unpaired) electrons. The lowest BCUT2D eigenvalue weighted by atomic mass is 10.0. The smallest absolute Gasteiger partial charge is 0.341 e. The third-order valence-electron chi connectivity index (χ3n) is 4.38. The van der Waals surface area contributed by atoms with Gasteiger partial charge in [-0.25, -0.2) is 4.79 Å². The van der Waals surface area contributed by atoms with Gasteiger partial charge in [0, 0.05) is 12.1 Å². The number of aromatic nitrogens is 1. The first-order valence-corrected chi connectivity index (χ1v) is 8.63. The quantitative estimate of drug-likeness (QED) is 0.645. The number of benzene rings is 2. The predicted molar refractivity (Wildman–Crippen MR) is 102 cm³/mol. The highest BCUT2D eigenvalue weighted by Gasteiger charge is 2.27. The molecule has 0 aliphatic rings. The topological polar surface area (TPSA) is 108 Å². The van der Waals surface area contributed by atoms with Crippen molar-refractivity contribution in [3.8, 4) is 23.1 Å². The second-order valence-electron chi connectivity index (χ2n) is 6.22. The minimum atomic E-state index is -1.10. The van der Waals surface area contributed by atoms with Gasteiger partial charge < -0.3 is 19.7 Å². The summed E-state index contributed by atoms with van der Waals surface area (Å²) in [6, 6.07) is 15.8. The number of nitrogens with zero attached hydrogens (tertiary/aromatic N) is 2. The SMILES string of the molecule is COc1ccc(-c2noc(C(C)NCc3ccc(C#N)cc3)c2C(=O)O)cc1. The molecular formula is C21H19N3O4. The van der Waals surface area contributed by atoms with Gasteiger partial charge in [0.25, 0.3) is 0 Å². The summed E-state index contributed by atoms with van der Waals surface area (Å²) in [6.07, 6.45) is 0. The summed E-state index contributed by atoms with van der Waals surface area (Å²) < 4.78 is 10.5. The molecule has 1 aromatic heterocycles. The van der Waals surface area contributed by atoms with Crippen molar-refractivity contribution in [2.75, 3.05) is 7.11 Å². The van der Waals surface area contributed by atoms with Crippen LogP contribution < -0.4 is 10.1 Å². The summed E-state index contributed by atoms with van der Waals surface area (Å²) in [5, 5.41) is 25.8. The zero-order valence-corrected chi connectivity index (χ0v) is 15.5. The second kappa shape index (κ2) is 8.37. The zero-order chi connectivity index (χ0) is 20.1. The molecule has 1 unspecified atom stereocenters. The summed E-state index contributed by atoms with van der Waals surface area (Å²) >= 11 is 0. The number of carbonyl (C=O) groups is 1. The maximum atomic E-state index is 11.9. The second-order valence-corrected chi connectivity index (χ2v) is 6.22. The first-order chi connectivity index (χ1) is 13.5. The molecule has 1 heterocycles. The normalized spacial score (nSPS) is 11.6. The van der Waals surface area contributed by atoms with Gasteiger partial charge in [0.2, 0.25) is 0 Å². The molecule has 0 aliphatic heterocycles. The first-order valence-electron chi connectivity index (χ1n) is 8.63. The molecule has 0 saturated carbocycles. The fourth-order valence-corrected chi connectivity index (χ4v) is 2.81. The van der Waals surface area contributed by atoms with Crippen LogP contribution in [0.25, 0.3) is 11.3 Å². The standard InChI is InChI=1S/C21H19N3O4/c1-13(23-12-15-5-3-14(11-22)4-6-15)20-18(21(25)26)19(24-28-20)16-7-9-17(27-2)10-8-16/h3-10,13,23H,12H2,1-2H3,(H,25,26). The van der Waals surface area contributed by atoms with E-state index in [2.05, 4.69) is 16.5 Å². The molecule has 2 N–H and O–H groups in total. The fraction of sp³-hybridized carbons (Fsp3) is 0.190. The molecule has 0 fully saturated rings. The Morgan fingerprint density at radius 1 is 1.25 bits per heavy atom. The lowest BCUT2D eigenvalue weighted by Gasteiger charge is -2.12. The number of carboxylic acids is 1. The molecule has 3 aromatic rings. The number of rotatable bonds is 7. The van der Waals surface area contributed by atoms with Crippen molar-refractivity contribution in [1.29, 1.82) is 5.26 Å². The van der Waals surface area contributed by atoms with E-state index >= 15 is 0 Å². The Morgan fingerprint density at radius 3 is 2.50 bits per heavy atom. The summed E-state index contributed by atoms with van der Waals surface area (Å²) in [5.74, 6) is -0.178. The van der Waals surface area contributed by atoms with Crippen molar-refractivity contribution >= 4 is 5.97 Å². The molecule has 1 atom stereocenters. The third-order valence-corrected chi connectivity index (χ3v) is 4.38. The summed E-state index contributed by atoms with van der Waals surface area (Å²) in [6.45, 7) is 2.30. The van der Waals surface area contributed by atoms with Gasteiger partial charge in [0.05, 0.1) is 24.8 Å². The van der Waals surface area contributed by atoms with Crippen molar-refractivity contribution < 1.29 is 19.2 Å². The van der Waals surface area contributed by atoms with E-state index in [0.29, 0.717) is 23.4 Å².